The Bertz CT molecular complexity index is 646. The maximum Gasteiger partial charge on any atom is 0.242 e. The van der Waals surface area contributed by atoms with E-state index in [1.54, 1.807) is 9.12 Å². The lowest BCUT2D eigenvalue weighted by Gasteiger charge is -2.27. The van der Waals surface area contributed by atoms with Gasteiger partial charge in [-0.25, -0.2) is 9.97 Å². The van der Waals surface area contributed by atoms with Crippen LogP contribution in [-0.4, -0.2) is 31.9 Å². The topological polar surface area (TPSA) is 71.8 Å². The number of nitrogens with zero attached hydrogens (tertiary/aromatic N) is 3. The predicted molar refractivity (Wildman–Crippen MR) is 88.8 cm³/mol. The highest BCUT2D eigenvalue weighted by atomic mass is 127. The number of aromatic nitrogens is 3. The van der Waals surface area contributed by atoms with Crippen molar-refractivity contribution < 1.29 is 4.79 Å². The first-order valence-corrected chi connectivity index (χ1v) is 9.68. The fourth-order valence-electron chi connectivity index (χ4n) is 2.37. The largest absolute Gasteiger partial charge is 0.358 e. The van der Waals surface area contributed by atoms with Gasteiger partial charge in [0.05, 0.1) is 5.39 Å². The maximum atomic E-state index is 12.0. The molecule has 2 atom stereocenters. The molecule has 6 nitrogen and oxygen atoms in total. The van der Waals surface area contributed by atoms with Gasteiger partial charge in [0, 0.05) is 42.6 Å². The first-order chi connectivity index (χ1) is 9.69. The van der Waals surface area contributed by atoms with Crippen LogP contribution in [0.25, 0.3) is 11.0 Å². The van der Waals surface area contributed by atoms with Gasteiger partial charge in [0.15, 0.2) is 5.65 Å². The summed E-state index contributed by atoms with van der Waals surface area (Å²) in [6.07, 6.45) is 5.27. The fraction of sp³-hybridized carbons (Fsp3) is 0.417. The Morgan fingerprint density at radius 2 is 2.35 bits per heavy atom. The Kier molecular flexibility index (Phi) is 4.01. The zero-order chi connectivity index (χ0) is 14.1. The number of hydrogen-bond acceptors (Lipinski definition) is 5. The van der Waals surface area contributed by atoms with E-state index in [4.69, 9.17) is 0 Å². The Balaban J connectivity index is 1.87. The van der Waals surface area contributed by atoms with Crippen molar-refractivity contribution in [2.45, 2.75) is 31.8 Å². The van der Waals surface area contributed by atoms with Crippen LogP contribution in [-0.2, 0) is 4.79 Å². The summed E-state index contributed by atoms with van der Waals surface area (Å²) >= 11 is 2.21. The Labute approximate surface area is 132 Å². The normalized spacial score (nSPS) is 22.8. The van der Waals surface area contributed by atoms with E-state index in [9.17, 15) is 4.79 Å². The van der Waals surface area contributed by atoms with Gasteiger partial charge in [-0.2, -0.15) is 0 Å². The molecule has 0 radical (unpaired) electrons. The van der Waals surface area contributed by atoms with Crippen molar-refractivity contribution in [2.75, 3.05) is 5.32 Å². The fourth-order valence-corrected chi connectivity index (χ4v) is 3.64. The number of carbonyl (C=O) groups is 1. The summed E-state index contributed by atoms with van der Waals surface area (Å²) in [5.74, 6) is 0.757. The standard InChI is InChI=1S/C12H14IN5OS/c1-7-2-3-9(12(19)16-7)17-10-8-4-5-18(20-13)11(8)15-6-14-10/h4-7,9H,2-3H2,1H3,(H,16,19)(H,14,15,17)/t7?,9-/m1/s1. The Morgan fingerprint density at radius 1 is 1.50 bits per heavy atom. The van der Waals surface area contributed by atoms with Crippen LogP contribution in [0.4, 0.5) is 5.82 Å². The zero-order valence-corrected chi connectivity index (χ0v) is 13.8. The molecule has 0 aliphatic carbocycles. The summed E-state index contributed by atoms with van der Waals surface area (Å²) in [5.41, 5.74) is 0.853. The average Bonchev–Trinajstić information content (AvgIpc) is 2.86. The summed E-state index contributed by atoms with van der Waals surface area (Å²) < 4.78 is 1.96. The van der Waals surface area contributed by atoms with Gasteiger partial charge in [0.25, 0.3) is 0 Å². The molecule has 2 aromatic rings. The van der Waals surface area contributed by atoms with Crippen LogP contribution in [0.2, 0.25) is 0 Å². The van der Waals surface area contributed by atoms with Crippen LogP contribution < -0.4 is 10.6 Å². The summed E-state index contributed by atoms with van der Waals surface area (Å²) in [4.78, 5) is 20.5. The molecule has 1 amide bonds. The van der Waals surface area contributed by atoms with Gasteiger partial charge in [0.1, 0.15) is 18.2 Å². The molecule has 2 aromatic heterocycles. The number of piperidine rings is 1. The highest BCUT2D eigenvalue weighted by Crippen LogP contribution is 2.27. The summed E-state index contributed by atoms with van der Waals surface area (Å²) in [6, 6.07) is 1.99. The van der Waals surface area contributed by atoms with E-state index in [-0.39, 0.29) is 18.0 Å². The van der Waals surface area contributed by atoms with E-state index in [1.807, 2.05) is 23.2 Å². The van der Waals surface area contributed by atoms with Crippen molar-refractivity contribution in [1.29, 1.82) is 0 Å². The van der Waals surface area contributed by atoms with Gasteiger partial charge >= 0.3 is 0 Å². The molecule has 1 fully saturated rings. The quantitative estimate of drug-likeness (QED) is 0.771. The number of carbonyl (C=O) groups excluding carboxylic acids is 1. The number of anilines is 1. The van der Waals surface area contributed by atoms with Gasteiger partial charge in [-0.05, 0) is 25.8 Å². The monoisotopic (exact) mass is 403 g/mol. The van der Waals surface area contributed by atoms with Gasteiger partial charge < -0.3 is 10.6 Å². The van der Waals surface area contributed by atoms with Crippen LogP contribution >= 0.6 is 30.3 Å². The first-order valence-electron chi connectivity index (χ1n) is 6.37. The first kappa shape index (κ1) is 13.9. The van der Waals surface area contributed by atoms with Crippen LogP contribution in [0, 0.1) is 0 Å². The molecular weight excluding hydrogens is 389 g/mol. The molecule has 0 bridgehead atoms. The minimum Gasteiger partial charge on any atom is -0.358 e. The zero-order valence-electron chi connectivity index (χ0n) is 10.8. The molecule has 106 valence electrons. The molecule has 0 aromatic carbocycles. The third-order valence-corrected chi connectivity index (χ3v) is 5.14. The highest BCUT2D eigenvalue weighted by Gasteiger charge is 2.26. The third-order valence-electron chi connectivity index (χ3n) is 3.43. The Morgan fingerprint density at radius 3 is 3.10 bits per heavy atom. The van der Waals surface area contributed by atoms with Crippen molar-refractivity contribution in [3.63, 3.8) is 0 Å². The van der Waals surface area contributed by atoms with E-state index in [1.165, 1.54) is 6.33 Å². The van der Waals surface area contributed by atoms with Crippen LogP contribution in [0.1, 0.15) is 19.8 Å². The van der Waals surface area contributed by atoms with Crippen molar-refractivity contribution in [2.24, 2.45) is 0 Å². The highest BCUT2D eigenvalue weighted by molar-refractivity contribution is 14.2. The molecular formula is C12H14IN5OS. The van der Waals surface area contributed by atoms with Crippen LogP contribution in [0.5, 0.6) is 0 Å². The minimum absolute atomic E-state index is 0.0400. The molecule has 1 unspecified atom stereocenters. The number of nitrogens with one attached hydrogen (secondary N) is 2. The SMILES string of the molecule is CC1CC[C@@H](Nc2ncnc3c2ccn3SI)C(=O)N1. The van der Waals surface area contributed by atoms with Crippen molar-refractivity contribution in [1.82, 2.24) is 19.3 Å². The number of fused-ring (bicyclic) bond motifs is 1. The number of hydrogen-bond donors (Lipinski definition) is 2. The number of halogens is 1. The second kappa shape index (κ2) is 5.76. The van der Waals surface area contributed by atoms with Gasteiger partial charge in [-0.15, -0.1) is 0 Å². The van der Waals surface area contributed by atoms with E-state index >= 15 is 0 Å². The predicted octanol–water partition coefficient (Wildman–Crippen LogP) is 2.36. The molecule has 1 aliphatic rings. The minimum atomic E-state index is -0.222. The maximum absolute atomic E-state index is 12.0. The van der Waals surface area contributed by atoms with Crippen LogP contribution in [0.3, 0.4) is 0 Å². The smallest absolute Gasteiger partial charge is 0.242 e. The molecule has 1 saturated heterocycles. The van der Waals surface area contributed by atoms with Crippen LogP contribution in [0.15, 0.2) is 18.6 Å². The number of rotatable bonds is 3. The van der Waals surface area contributed by atoms with E-state index in [0.717, 1.165) is 23.9 Å². The third kappa shape index (κ3) is 2.58. The molecule has 3 rings (SSSR count). The average molecular weight is 403 g/mol. The van der Waals surface area contributed by atoms with Gasteiger partial charge in [-0.3, -0.25) is 8.77 Å². The summed E-state index contributed by atoms with van der Waals surface area (Å²) in [5, 5.41) is 7.14. The lowest BCUT2D eigenvalue weighted by molar-refractivity contribution is -0.123. The van der Waals surface area contributed by atoms with Gasteiger partial charge in [0.2, 0.25) is 5.91 Å². The molecule has 0 spiro atoms. The van der Waals surface area contributed by atoms with Crippen molar-refractivity contribution in [3.8, 4) is 0 Å². The van der Waals surface area contributed by atoms with E-state index in [2.05, 4.69) is 41.8 Å². The summed E-state index contributed by atoms with van der Waals surface area (Å²) in [6.45, 7) is 2.02. The van der Waals surface area contributed by atoms with Crippen molar-refractivity contribution >= 4 is 53.1 Å². The molecule has 20 heavy (non-hydrogen) atoms. The molecule has 3 heterocycles. The van der Waals surface area contributed by atoms with E-state index in [0.29, 0.717) is 5.82 Å². The summed E-state index contributed by atoms with van der Waals surface area (Å²) in [7, 11) is 1.55. The number of amides is 1. The van der Waals surface area contributed by atoms with Crippen molar-refractivity contribution in [3.05, 3.63) is 18.6 Å². The molecule has 2 N–H and O–H groups in total. The Hall–Kier alpha value is -1.03. The van der Waals surface area contributed by atoms with Gasteiger partial charge in [-0.1, -0.05) is 0 Å². The molecule has 0 saturated carbocycles. The molecule has 8 heteroatoms. The lowest BCUT2D eigenvalue weighted by Crippen LogP contribution is -2.48. The van der Waals surface area contributed by atoms with E-state index < -0.39 is 0 Å². The molecule has 1 aliphatic heterocycles. The second-order valence-corrected chi connectivity index (χ2v) is 6.57. The second-order valence-electron chi connectivity index (χ2n) is 4.85. The lowest BCUT2D eigenvalue weighted by atomic mass is 10.0.